The first-order valence-corrected chi connectivity index (χ1v) is 10.2. The molecule has 27 heavy (non-hydrogen) atoms. The third-order valence-electron chi connectivity index (χ3n) is 6.56. The summed E-state index contributed by atoms with van der Waals surface area (Å²) in [5.41, 5.74) is 1.04. The van der Waals surface area contributed by atoms with Gasteiger partial charge in [0.25, 0.3) is 0 Å². The molecule has 0 aromatic heterocycles. The molecule has 0 bridgehead atoms. The highest BCUT2D eigenvalue weighted by atomic mass is 19.1. The largest absolute Gasteiger partial charge is 0.371 e. The highest BCUT2D eigenvalue weighted by Gasteiger charge is 2.46. The fourth-order valence-electron chi connectivity index (χ4n) is 4.65. The van der Waals surface area contributed by atoms with Crippen LogP contribution in [-0.2, 0) is 11.2 Å². The number of halogens is 1. The van der Waals surface area contributed by atoms with Gasteiger partial charge in [-0.15, -0.1) is 0 Å². The average molecular weight is 375 g/mol. The first-order valence-electron chi connectivity index (χ1n) is 10.2. The molecule has 1 unspecified atom stereocenters. The summed E-state index contributed by atoms with van der Waals surface area (Å²) in [6.07, 6.45) is 4.59. The van der Waals surface area contributed by atoms with Crippen molar-refractivity contribution in [2.45, 2.75) is 44.2 Å². The standard InChI is InChI=1S/C21H30FN3O2/c1-23-10-12-24(13-11-23)19-6-5-18(22)15-17(19)14-16-4-2-9-25(20(16)26)21(27)7-3-8-21/h5-6,15-16,27H,2-4,7-14H2,1H3. The predicted octanol–water partition coefficient (Wildman–Crippen LogP) is 2.23. The van der Waals surface area contributed by atoms with Gasteiger partial charge in [-0.1, -0.05) is 0 Å². The number of carbonyl (C=O) groups is 1. The van der Waals surface area contributed by atoms with Gasteiger partial charge >= 0.3 is 0 Å². The molecule has 2 heterocycles. The van der Waals surface area contributed by atoms with Crippen LogP contribution in [0.15, 0.2) is 18.2 Å². The van der Waals surface area contributed by atoms with Crippen LogP contribution in [0.25, 0.3) is 0 Å². The Morgan fingerprint density at radius 3 is 2.56 bits per heavy atom. The highest BCUT2D eigenvalue weighted by Crippen LogP contribution is 2.39. The minimum atomic E-state index is -0.933. The lowest BCUT2D eigenvalue weighted by atomic mass is 9.82. The summed E-state index contributed by atoms with van der Waals surface area (Å²) < 4.78 is 14.0. The number of piperazine rings is 1. The second-order valence-corrected chi connectivity index (χ2v) is 8.43. The molecule has 0 spiro atoms. The number of anilines is 1. The first-order chi connectivity index (χ1) is 13.0. The summed E-state index contributed by atoms with van der Waals surface area (Å²) in [5.74, 6) is -0.381. The molecule has 1 atom stereocenters. The van der Waals surface area contributed by atoms with Gasteiger partial charge in [0.2, 0.25) is 5.91 Å². The van der Waals surface area contributed by atoms with Gasteiger partial charge < -0.3 is 19.8 Å². The average Bonchev–Trinajstić information content (AvgIpc) is 2.63. The number of aliphatic hydroxyl groups is 1. The van der Waals surface area contributed by atoms with Crippen molar-refractivity contribution in [2.24, 2.45) is 5.92 Å². The molecule has 0 radical (unpaired) electrons. The fourth-order valence-corrected chi connectivity index (χ4v) is 4.65. The maximum absolute atomic E-state index is 14.0. The van der Waals surface area contributed by atoms with Crippen LogP contribution in [0.4, 0.5) is 10.1 Å². The van der Waals surface area contributed by atoms with E-state index in [0.29, 0.717) is 25.8 Å². The number of likely N-dealkylation sites (N-methyl/N-ethyl adjacent to an activating group) is 1. The van der Waals surface area contributed by atoms with Crippen molar-refractivity contribution in [2.75, 3.05) is 44.7 Å². The molecule has 1 N–H and O–H groups in total. The first kappa shape index (κ1) is 18.7. The number of hydrogen-bond donors (Lipinski definition) is 1. The Kier molecular flexibility index (Phi) is 5.12. The van der Waals surface area contributed by atoms with E-state index >= 15 is 0 Å². The Morgan fingerprint density at radius 2 is 1.89 bits per heavy atom. The van der Waals surface area contributed by atoms with Crippen molar-refractivity contribution in [3.05, 3.63) is 29.6 Å². The van der Waals surface area contributed by atoms with Crippen LogP contribution in [0.5, 0.6) is 0 Å². The van der Waals surface area contributed by atoms with Gasteiger partial charge in [-0.3, -0.25) is 4.79 Å². The van der Waals surface area contributed by atoms with E-state index in [1.165, 1.54) is 6.07 Å². The normalized spacial score (nSPS) is 26.2. The van der Waals surface area contributed by atoms with Gasteiger partial charge in [-0.25, -0.2) is 4.39 Å². The lowest BCUT2D eigenvalue weighted by Crippen LogP contribution is -2.59. The summed E-state index contributed by atoms with van der Waals surface area (Å²) in [4.78, 5) is 19.3. The molecule has 6 heteroatoms. The minimum Gasteiger partial charge on any atom is -0.371 e. The molecule has 5 nitrogen and oxygen atoms in total. The topological polar surface area (TPSA) is 47.0 Å². The van der Waals surface area contributed by atoms with Crippen LogP contribution in [0.3, 0.4) is 0 Å². The molecular weight excluding hydrogens is 345 g/mol. The van der Waals surface area contributed by atoms with E-state index in [-0.39, 0.29) is 17.6 Å². The van der Waals surface area contributed by atoms with E-state index in [4.69, 9.17) is 0 Å². The molecule has 3 aliphatic rings. The van der Waals surface area contributed by atoms with E-state index in [0.717, 1.165) is 56.7 Å². The SMILES string of the molecule is CN1CCN(c2ccc(F)cc2CC2CCCN(C3(O)CCC3)C2=O)CC1. The molecule has 148 valence electrons. The number of piperidine rings is 1. The second kappa shape index (κ2) is 7.40. The molecular formula is C21H30FN3O2. The molecule has 1 saturated carbocycles. The van der Waals surface area contributed by atoms with Crippen LogP contribution in [0.1, 0.15) is 37.7 Å². The molecule has 2 aliphatic heterocycles. The maximum atomic E-state index is 14.0. The van der Waals surface area contributed by atoms with Crippen LogP contribution >= 0.6 is 0 Å². The summed E-state index contributed by atoms with van der Waals surface area (Å²) in [7, 11) is 2.11. The predicted molar refractivity (Wildman–Crippen MR) is 103 cm³/mol. The van der Waals surface area contributed by atoms with Gasteiger partial charge in [0.15, 0.2) is 0 Å². The Labute approximate surface area is 160 Å². The molecule has 1 aromatic carbocycles. The molecule has 4 rings (SSSR count). The number of amides is 1. The van der Waals surface area contributed by atoms with Gasteiger partial charge in [0.05, 0.1) is 0 Å². The number of nitrogens with zero attached hydrogens (tertiary/aromatic N) is 3. The lowest BCUT2D eigenvalue weighted by molar-refractivity contribution is -0.190. The zero-order chi connectivity index (χ0) is 19.0. The van der Waals surface area contributed by atoms with E-state index in [2.05, 4.69) is 16.8 Å². The molecule has 2 saturated heterocycles. The van der Waals surface area contributed by atoms with Crippen molar-refractivity contribution < 1.29 is 14.3 Å². The number of hydrogen-bond acceptors (Lipinski definition) is 4. The third-order valence-corrected chi connectivity index (χ3v) is 6.56. The zero-order valence-electron chi connectivity index (χ0n) is 16.2. The van der Waals surface area contributed by atoms with Crippen molar-refractivity contribution in [3.8, 4) is 0 Å². The van der Waals surface area contributed by atoms with Gasteiger partial charge in [0.1, 0.15) is 11.5 Å². The number of carbonyl (C=O) groups excluding carboxylic acids is 1. The van der Waals surface area contributed by atoms with Crippen molar-refractivity contribution in [1.29, 1.82) is 0 Å². The van der Waals surface area contributed by atoms with E-state index in [9.17, 15) is 14.3 Å². The van der Waals surface area contributed by atoms with Gasteiger partial charge in [-0.05, 0) is 69.3 Å². The second-order valence-electron chi connectivity index (χ2n) is 8.43. The lowest BCUT2D eigenvalue weighted by Gasteiger charge is -2.49. The number of likely N-dealkylation sites (tertiary alicyclic amines) is 1. The van der Waals surface area contributed by atoms with Crippen LogP contribution in [0.2, 0.25) is 0 Å². The Balaban J connectivity index is 1.53. The summed E-state index contributed by atoms with van der Waals surface area (Å²) in [5, 5.41) is 10.6. The van der Waals surface area contributed by atoms with Crippen LogP contribution in [-0.4, -0.2) is 66.3 Å². The summed E-state index contributed by atoms with van der Waals surface area (Å²) in [6, 6.07) is 4.97. The smallest absolute Gasteiger partial charge is 0.228 e. The van der Waals surface area contributed by atoms with Crippen LogP contribution in [0, 0.1) is 11.7 Å². The Morgan fingerprint density at radius 1 is 1.15 bits per heavy atom. The van der Waals surface area contributed by atoms with E-state index in [1.807, 2.05) is 6.07 Å². The van der Waals surface area contributed by atoms with Crippen molar-refractivity contribution in [3.63, 3.8) is 0 Å². The summed E-state index contributed by atoms with van der Waals surface area (Å²) in [6.45, 7) is 4.44. The zero-order valence-corrected chi connectivity index (χ0v) is 16.2. The number of rotatable bonds is 4. The molecule has 3 fully saturated rings. The quantitative estimate of drug-likeness (QED) is 0.877. The Bertz CT molecular complexity index is 699. The van der Waals surface area contributed by atoms with E-state index in [1.54, 1.807) is 11.0 Å². The summed E-state index contributed by atoms with van der Waals surface area (Å²) >= 11 is 0. The number of benzene rings is 1. The Hall–Kier alpha value is -1.66. The maximum Gasteiger partial charge on any atom is 0.228 e. The van der Waals surface area contributed by atoms with E-state index < -0.39 is 5.72 Å². The van der Waals surface area contributed by atoms with Crippen molar-refractivity contribution >= 4 is 11.6 Å². The molecule has 1 aromatic rings. The molecule has 1 amide bonds. The van der Waals surface area contributed by atoms with Gasteiger partial charge in [0, 0.05) is 44.3 Å². The monoisotopic (exact) mass is 375 g/mol. The highest BCUT2D eigenvalue weighted by molar-refractivity contribution is 5.81. The van der Waals surface area contributed by atoms with Crippen molar-refractivity contribution in [1.82, 2.24) is 9.80 Å². The van der Waals surface area contributed by atoms with Crippen LogP contribution < -0.4 is 4.90 Å². The fraction of sp³-hybridized carbons (Fsp3) is 0.667. The third kappa shape index (κ3) is 3.69. The van der Waals surface area contributed by atoms with Gasteiger partial charge in [-0.2, -0.15) is 0 Å². The molecule has 1 aliphatic carbocycles. The minimum absolute atomic E-state index is 0.0389.